The minimum Gasteiger partial charge on any atom is -0.404 e. The van der Waals surface area contributed by atoms with Crippen LogP contribution in [0.3, 0.4) is 0 Å². The van der Waals surface area contributed by atoms with Gasteiger partial charge in [0.1, 0.15) is 0 Å². The largest absolute Gasteiger partial charge is 0.475 e. The van der Waals surface area contributed by atoms with Crippen LogP contribution in [0.4, 0.5) is 0 Å². The normalized spacial score (nSPS) is 36.3. The van der Waals surface area contributed by atoms with E-state index in [0.717, 1.165) is 12.0 Å². The van der Waals surface area contributed by atoms with E-state index in [1.165, 1.54) is 12.7 Å². The fourth-order valence-electron chi connectivity index (χ4n) is 5.32. The van der Waals surface area contributed by atoms with Crippen molar-refractivity contribution in [2.45, 2.75) is 62.6 Å². The van der Waals surface area contributed by atoms with Gasteiger partial charge < -0.3 is 15.0 Å². The standard InChI is InChI=1S/C19H28BNO4S/c1-18(2)13-10-15(18)19(3)16(11-13)24-20(25-19)17(21)9-12-5-7-14(8-6-12)26(4,22)23/h5-8,13,15-17H,9-11,21H2,1-4H3/t13-,15-,16+,17?,19-/m0/s1. The van der Waals surface area contributed by atoms with Crippen molar-refractivity contribution in [1.82, 2.24) is 0 Å². The van der Waals surface area contributed by atoms with Crippen LogP contribution in [0.5, 0.6) is 0 Å². The molecule has 0 spiro atoms. The summed E-state index contributed by atoms with van der Waals surface area (Å²) in [5.74, 6) is 0.958. The highest BCUT2D eigenvalue weighted by atomic mass is 32.2. The first-order valence-electron chi connectivity index (χ1n) is 9.39. The van der Waals surface area contributed by atoms with E-state index in [0.29, 0.717) is 28.6 Å². The minimum absolute atomic E-state index is 0.128. The highest BCUT2D eigenvalue weighted by Gasteiger charge is 2.68. The summed E-state index contributed by atoms with van der Waals surface area (Å²) in [4.78, 5) is 0.323. The van der Waals surface area contributed by atoms with E-state index < -0.39 is 17.0 Å². The maximum Gasteiger partial charge on any atom is 0.475 e. The molecule has 1 saturated heterocycles. The van der Waals surface area contributed by atoms with Gasteiger partial charge in [0.25, 0.3) is 0 Å². The van der Waals surface area contributed by atoms with Gasteiger partial charge in [0.2, 0.25) is 0 Å². The van der Waals surface area contributed by atoms with Crippen molar-refractivity contribution in [2.24, 2.45) is 23.0 Å². The van der Waals surface area contributed by atoms with Crippen LogP contribution in [-0.4, -0.2) is 39.4 Å². The number of nitrogens with two attached hydrogens (primary N) is 1. The molecule has 0 amide bonds. The van der Waals surface area contributed by atoms with Gasteiger partial charge in [0, 0.05) is 12.2 Å². The molecule has 7 heteroatoms. The summed E-state index contributed by atoms with van der Waals surface area (Å²) in [6.07, 6.45) is 4.20. The van der Waals surface area contributed by atoms with Gasteiger partial charge >= 0.3 is 7.12 Å². The fraction of sp³-hybridized carbons (Fsp3) is 0.684. The van der Waals surface area contributed by atoms with Crippen LogP contribution in [0.1, 0.15) is 39.2 Å². The molecule has 0 aromatic heterocycles. The van der Waals surface area contributed by atoms with Crippen molar-refractivity contribution < 1.29 is 17.7 Å². The summed E-state index contributed by atoms with van der Waals surface area (Å²) < 4.78 is 35.8. The second-order valence-electron chi connectivity index (χ2n) is 9.12. The van der Waals surface area contributed by atoms with E-state index in [1.807, 2.05) is 12.1 Å². The molecule has 5 nitrogen and oxygen atoms in total. The zero-order chi connectivity index (χ0) is 18.9. The first-order valence-corrected chi connectivity index (χ1v) is 11.3. The third-order valence-electron chi connectivity index (χ3n) is 7.14. The monoisotopic (exact) mass is 377 g/mol. The molecule has 2 N–H and O–H groups in total. The van der Waals surface area contributed by atoms with Crippen LogP contribution in [0.15, 0.2) is 29.2 Å². The summed E-state index contributed by atoms with van der Waals surface area (Å²) >= 11 is 0. The summed E-state index contributed by atoms with van der Waals surface area (Å²) in [5.41, 5.74) is 7.46. The Kier molecular flexibility index (Phi) is 4.12. The zero-order valence-electron chi connectivity index (χ0n) is 15.9. The Morgan fingerprint density at radius 2 is 1.88 bits per heavy atom. The summed E-state index contributed by atoms with van der Waals surface area (Å²) in [6, 6.07) is 6.90. The Labute approximate surface area is 156 Å². The van der Waals surface area contributed by atoms with Crippen LogP contribution >= 0.6 is 0 Å². The van der Waals surface area contributed by atoms with Crippen molar-refractivity contribution >= 4 is 17.0 Å². The lowest BCUT2D eigenvalue weighted by molar-refractivity contribution is -0.199. The molecule has 2 bridgehead atoms. The van der Waals surface area contributed by atoms with Gasteiger partial charge in [0.15, 0.2) is 9.84 Å². The Hall–Kier alpha value is -0.885. The van der Waals surface area contributed by atoms with Crippen LogP contribution < -0.4 is 5.73 Å². The van der Waals surface area contributed by atoms with E-state index in [4.69, 9.17) is 15.0 Å². The van der Waals surface area contributed by atoms with E-state index in [2.05, 4.69) is 20.8 Å². The fourth-order valence-corrected chi connectivity index (χ4v) is 5.95. The molecule has 1 aromatic rings. The maximum atomic E-state index is 11.6. The van der Waals surface area contributed by atoms with Crippen molar-refractivity contribution in [3.8, 4) is 0 Å². The topological polar surface area (TPSA) is 78.6 Å². The lowest BCUT2D eigenvalue weighted by Gasteiger charge is -2.64. The van der Waals surface area contributed by atoms with Gasteiger partial charge in [-0.25, -0.2) is 8.42 Å². The molecule has 26 heavy (non-hydrogen) atoms. The predicted octanol–water partition coefficient (Wildman–Crippen LogP) is 2.23. The number of benzene rings is 1. The number of sulfone groups is 1. The summed E-state index contributed by atoms with van der Waals surface area (Å²) in [6.45, 7) is 6.87. The van der Waals surface area contributed by atoms with Crippen molar-refractivity contribution in [3.05, 3.63) is 29.8 Å². The van der Waals surface area contributed by atoms with E-state index in [9.17, 15) is 8.42 Å². The molecule has 4 fully saturated rings. The Bertz CT molecular complexity index is 809. The van der Waals surface area contributed by atoms with Crippen LogP contribution in [0.2, 0.25) is 0 Å². The summed E-state index contributed by atoms with van der Waals surface area (Å²) in [7, 11) is -3.59. The molecule has 5 atom stereocenters. The molecule has 3 aliphatic carbocycles. The molecule has 0 radical (unpaired) electrons. The lowest BCUT2D eigenvalue weighted by atomic mass is 9.43. The first-order chi connectivity index (χ1) is 12.0. The SMILES string of the molecule is CC1(C)[C@@H]2C[C@H]3OB(C(N)Cc4ccc(S(C)(=O)=O)cc4)O[C@@]3(C)[C@H]1C2. The molecule has 3 saturated carbocycles. The smallest absolute Gasteiger partial charge is 0.404 e. The highest BCUT2D eigenvalue weighted by Crippen LogP contribution is 2.65. The van der Waals surface area contributed by atoms with Crippen LogP contribution in [0.25, 0.3) is 0 Å². The Morgan fingerprint density at radius 1 is 1.23 bits per heavy atom. The molecule has 4 aliphatic rings. The van der Waals surface area contributed by atoms with Crippen molar-refractivity contribution in [3.63, 3.8) is 0 Å². The highest BCUT2D eigenvalue weighted by molar-refractivity contribution is 7.90. The van der Waals surface area contributed by atoms with Gasteiger partial charge in [-0.15, -0.1) is 0 Å². The average Bonchev–Trinajstić information content (AvgIpc) is 2.91. The Morgan fingerprint density at radius 3 is 2.46 bits per heavy atom. The molecular formula is C19H28BNO4S. The molecule has 1 aromatic carbocycles. The van der Waals surface area contributed by atoms with Crippen molar-refractivity contribution in [2.75, 3.05) is 6.26 Å². The van der Waals surface area contributed by atoms with Crippen LogP contribution in [-0.2, 0) is 25.6 Å². The number of hydrogen-bond donors (Lipinski definition) is 1. The molecule has 142 valence electrons. The van der Waals surface area contributed by atoms with Gasteiger partial charge in [-0.05, 0) is 61.1 Å². The molecule has 1 heterocycles. The second-order valence-corrected chi connectivity index (χ2v) is 11.1. The zero-order valence-corrected chi connectivity index (χ0v) is 16.8. The molecular weight excluding hydrogens is 349 g/mol. The molecule has 1 aliphatic heterocycles. The molecule has 5 rings (SSSR count). The third kappa shape index (κ3) is 2.75. The van der Waals surface area contributed by atoms with E-state index >= 15 is 0 Å². The quantitative estimate of drug-likeness (QED) is 0.815. The van der Waals surface area contributed by atoms with E-state index in [-0.39, 0.29) is 17.6 Å². The second kappa shape index (κ2) is 5.80. The van der Waals surface area contributed by atoms with E-state index in [1.54, 1.807) is 12.1 Å². The van der Waals surface area contributed by atoms with Crippen LogP contribution in [0, 0.1) is 17.3 Å². The van der Waals surface area contributed by atoms with Gasteiger partial charge in [0.05, 0.1) is 16.6 Å². The summed E-state index contributed by atoms with van der Waals surface area (Å²) in [5, 5.41) is 0. The third-order valence-corrected chi connectivity index (χ3v) is 8.27. The van der Waals surface area contributed by atoms with Gasteiger partial charge in [-0.2, -0.15) is 0 Å². The Balaban J connectivity index is 1.45. The van der Waals surface area contributed by atoms with Crippen molar-refractivity contribution in [1.29, 1.82) is 0 Å². The number of hydrogen-bond acceptors (Lipinski definition) is 5. The van der Waals surface area contributed by atoms with Gasteiger partial charge in [-0.3, -0.25) is 0 Å². The average molecular weight is 377 g/mol. The van der Waals surface area contributed by atoms with Gasteiger partial charge in [-0.1, -0.05) is 26.0 Å². The lowest BCUT2D eigenvalue weighted by Crippen LogP contribution is -2.65. The number of rotatable bonds is 4. The first kappa shape index (κ1) is 18.5. The maximum absolute atomic E-state index is 11.6. The minimum atomic E-state index is -3.18. The molecule has 1 unspecified atom stereocenters. The predicted molar refractivity (Wildman–Crippen MR) is 101 cm³/mol.